The topological polar surface area (TPSA) is 93.0 Å². The van der Waals surface area contributed by atoms with E-state index < -0.39 is 4.92 Å². The highest BCUT2D eigenvalue weighted by atomic mass is 32.1. The van der Waals surface area contributed by atoms with E-state index in [4.69, 9.17) is 0 Å². The summed E-state index contributed by atoms with van der Waals surface area (Å²) in [4.78, 5) is 21.1. The molecule has 0 saturated carbocycles. The first-order valence-corrected chi connectivity index (χ1v) is 8.31. The molecule has 124 valence electrons. The normalized spacial score (nSPS) is 10.8. The molecule has 7 nitrogen and oxygen atoms in total. The Hall–Kier alpha value is -2.74. The van der Waals surface area contributed by atoms with Crippen LogP contribution in [0.3, 0.4) is 0 Å². The molecule has 0 amide bonds. The Balaban J connectivity index is 1.60. The van der Waals surface area contributed by atoms with Gasteiger partial charge >= 0.3 is 0 Å². The zero-order valence-electron chi connectivity index (χ0n) is 13.4. The van der Waals surface area contributed by atoms with Crippen LogP contribution in [-0.4, -0.2) is 28.0 Å². The van der Waals surface area contributed by atoms with Gasteiger partial charge in [-0.15, -0.1) is 11.3 Å². The van der Waals surface area contributed by atoms with Crippen LogP contribution in [0.15, 0.2) is 30.6 Å². The van der Waals surface area contributed by atoms with Gasteiger partial charge in [0.1, 0.15) is 17.0 Å². The van der Waals surface area contributed by atoms with Crippen molar-refractivity contribution in [3.05, 3.63) is 51.1 Å². The van der Waals surface area contributed by atoms with Crippen molar-refractivity contribution < 1.29 is 4.92 Å². The predicted molar refractivity (Wildman–Crippen MR) is 97.0 cm³/mol. The molecule has 1 aromatic carbocycles. The number of nitrogens with zero attached hydrogens (tertiary/aromatic N) is 3. The van der Waals surface area contributed by atoms with Crippen LogP contribution in [0, 0.1) is 24.0 Å². The minimum Gasteiger partial charge on any atom is -0.383 e. The standard InChI is InChI=1S/C16H17N5O2S/c1-10-11(2)24-16-14(10)15(19-9-20-16)18-8-7-17-12-3-5-13(6-4-12)21(22)23/h3-6,9,17H,7-8H2,1-2H3,(H,18,19,20). The van der Waals surface area contributed by atoms with Crippen molar-refractivity contribution in [3.8, 4) is 0 Å². The molecule has 0 aliphatic rings. The summed E-state index contributed by atoms with van der Waals surface area (Å²) in [7, 11) is 0. The van der Waals surface area contributed by atoms with E-state index in [1.807, 2.05) is 0 Å². The molecule has 0 bridgehead atoms. The van der Waals surface area contributed by atoms with E-state index >= 15 is 0 Å². The predicted octanol–water partition coefficient (Wildman–Crippen LogP) is 3.74. The van der Waals surface area contributed by atoms with E-state index in [2.05, 4.69) is 34.4 Å². The molecule has 0 unspecified atom stereocenters. The molecule has 0 atom stereocenters. The summed E-state index contributed by atoms with van der Waals surface area (Å²) in [5, 5.41) is 18.3. The first-order chi connectivity index (χ1) is 11.6. The lowest BCUT2D eigenvalue weighted by Crippen LogP contribution is -2.14. The van der Waals surface area contributed by atoms with Crippen LogP contribution < -0.4 is 10.6 Å². The summed E-state index contributed by atoms with van der Waals surface area (Å²) < 4.78 is 0. The molecule has 3 aromatic rings. The Morgan fingerprint density at radius 1 is 1.12 bits per heavy atom. The summed E-state index contributed by atoms with van der Waals surface area (Å²) in [6.45, 7) is 5.52. The fraction of sp³-hybridized carbons (Fsp3) is 0.250. The van der Waals surface area contributed by atoms with Gasteiger partial charge in [0.05, 0.1) is 10.3 Å². The first kappa shape index (κ1) is 16.1. The molecule has 8 heteroatoms. The van der Waals surface area contributed by atoms with Crippen molar-refractivity contribution in [2.75, 3.05) is 23.7 Å². The highest BCUT2D eigenvalue weighted by Crippen LogP contribution is 2.32. The highest BCUT2D eigenvalue weighted by Gasteiger charge is 2.11. The quantitative estimate of drug-likeness (QED) is 0.402. The number of aromatic nitrogens is 2. The van der Waals surface area contributed by atoms with Crippen molar-refractivity contribution in [2.24, 2.45) is 0 Å². The summed E-state index contributed by atoms with van der Waals surface area (Å²) in [5.41, 5.74) is 2.14. The molecule has 24 heavy (non-hydrogen) atoms. The van der Waals surface area contributed by atoms with E-state index in [-0.39, 0.29) is 5.69 Å². The maximum absolute atomic E-state index is 10.6. The molecule has 3 rings (SSSR count). The minimum atomic E-state index is -0.406. The second-order valence-corrected chi connectivity index (χ2v) is 6.55. The maximum atomic E-state index is 10.6. The Bertz CT molecular complexity index is 876. The van der Waals surface area contributed by atoms with Gasteiger partial charge < -0.3 is 10.6 Å². The molecule has 2 heterocycles. The van der Waals surface area contributed by atoms with Crippen molar-refractivity contribution in [2.45, 2.75) is 13.8 Å². The van der Waals surface area contributed by atoms with Crippen molar-refractivity contribution >= 4 is 38.7 Å². The van der Waals surface area contributed by atoms with Gasteiger partial charge in [-0.25, -0.2) is 9.97 Å². The molecule has 2 aromatic heterocycles. The van der Waals surface area contributed by atoms with E-state index in [1.165, 1.54) is 22.6 Å². The number of nitrogens with one attached hydrogen (secondary N) is 2. The largest absolute Gasteiger partial charge is 0.383 e. The fourth-order valence-electron chi connectivity index (χ4n) is 2.41. The summed E-state index contributed by atoms with van der Waals surface area (Å²) in [5.74, 6) is 0.840. The van der Waals surface area contributed by atoms with Gasteiger partial charge in [0, 0.05) is 35.8 Å². The number of aryl methyl sites for hydroxylation is 2. The number of hydrogen-bond donors (Lipinski definition) is 2. The monoisotopic (exact) mass is 343 g/mol. The number of nitro benzene ring substituents is 1. The van der Waals surface area contributed by atoms with E-state index in [9.17, 15) is 10.1 Å². The molecular weight excluding hydrogens is 326 g/mol. The number of thiophene rings is 1. The molecule has 0 saturated heterocycles. The molecular formula is C16H17N5O2S. The van der Waals surface area contributed by atoms with Crippen LogP contribution in [0.4, 0.5) is 17.2 Å². The smallest absolute Gasteiger partial charge is 0.269 e. The number of non-ortho nitro benzene ring substituents is 1. The van der Waals surface area contributed by atoms with Gasteiger partial charge in [0.2, 0.25) is 0 Å². The minimum absolute atomic E-state index is 0.0883. The molecule has 0 aliphatic heterocycles. The second-order valence-electron chi connectivity index (χ2n) is 5.34. The Kier molecular flexibility index (Phi) is 4.57. The Morgan fingerprint density at radius 2 is 1.83 bits per heavy atom. The van der Waals surface area contributed by atoms with Gasteiger partial charge in [-0.2, -0.15) is 0 Å². The number of rotatable bonds is 6. The van der Waals surface area contributed by atoms with E-state index in [0.717, 1.165) is 21.7 Å². The lowest BCUT2D eigenvalue weighted by atomic mass is 10.2. The number of anilines is 2. The van der Waals surface area contributed by atoms with Crippen LogP contribution >= 0.6 is 11.3 Å². The number of nitro groups is 1. The molecule has 0 spiro atoms. The van der Waals surface area contributed by atoms with Crippen molar-refractivity contribution in [1.82, 2.24) is 9.97 Å². The van der Waals surface area contributed by atoms with Gasteiger partial charge in [-0.05, 0) is 31.5 Å². The Morgan fingerprint density at radius 3 is 2.54 bits per heavy atom. The maximum Gasteiger partial charge on any atom is 0.269 e. The van der Waals surface area contributed by atoms with Gasteiger partial charge in [0.25, 0.3) is 5.69 Å². The third-order valence-electron chi connectivity index (χ3n) is 3.79. The van der Waals surface area contributed by atoms with Crippen LogP contribution in [0.1, 0.15) is 10.4 Å². The lowest BCUT2D eigenvalue weighted by molar-refractivity contribution is -0.384. The number of benzene rings is 1. The summed E-state index contributed by atoms with van der Waals surface area (Å²) in [6.07, 6.45) is 1.57. The highest BCUT2D eigenvalue weighted by molar-refractivity contribution is 7.18. The summed E-state index contributed by atoms with van der Waals surface area (Å²) >= 11 is 1.67. The van der Waals surface area contributed by atoms with Crippen molar-refractivity contribution in [1.29, 1.82) is 0 Å². The molecule has 2 N–H and O–H groups in total. The third kappa shape index (κ3) is 3.28. The zero-order valence-corrected chi connectivity index (χ0v) is 14.2. The van der Waals surface area contributed by atoms with Crippen LogP contribution in [-0.2, 0) is 0 Å². The zero-order chi connectivity index (χ0) is 17.1. The van der Waals surface area contributed by atoms with E-state index in [1.54, 1.807) is 29.8 Å². The fourth-order valence-corrected chi connectivity index (χ4v) is 3.40. The Labute approximate surface area is 142 Å². The van der Waals surface area contributed by atoms with Gasteiger partial charge in [-0.3, -0.25) is 10.1 Å². The van der Waals surface area contributed by atoms with Crippen LogP contribution in [0.2, 0.25) is 0 Å². The lowest BCUT2D eigenvalue weighted by Gasteiger charge is -2.09. The summed E-state index contributed by atoms with van der Waals surface area (Å²) in [6, 6.07) is 6.38. The second kappa shape index (κ2) is 6.79. The number of fused-ring (bicyclic) bond motifs is 1. The van der Waals surface area contributed by atoms with Crippen LogP contribution in [0.5, 0.6) is 0 Å². The first-order valence-electron chi connectivity index (χ1n) is 7.49. The van der Waals surface area contributed by atoms with Gasteiger partial charge in [0.15, 0.2) is 0 Å². The molecule has 0 fully saturated rings. The molecule has 0 aliphatic carbocycles. The molecule has 0 radical (unpaired) electrons. The van der Waals surface area contributed by atoms with Gasteiger partial charge in [-0.1, -0.05) is 0 Å². The van der Waals surface area contributed by atoms with Crippen molar-refractivity contribution in [3.63, 3.8) is 0 Å². The average Bonchev–Trinajstić information content (AvgIpc) is 2.87. The number of hydrogen-bond acceptors (Lipinski definition) is 7. The van der Waals surface area contributed by atoms with Crippen LogP contribution in [0.25, 0.3) is 10.2 Å². The SMILES string of the molecule is Cc1sc2ncnc(NCCNc3ccc([N+](=O)[O-])cc3)c2c1C. The average molecular weight is 343 g/mol. The third-order valence-corrected chi connectivity index (χ3v) is 4.91. The van der Waals surface area contributed by atoms with E-state index in [0.29, 0.717) is 13.1 Å².